The summed E-state index contributed by atoms with van der Waals surface area (Å²) in [4.78, 5) is 11.3. The van der Waals surface area contributed by atoms with Gasteiger partial charge in [-0.15, -0.1) is 0 Å². The van der Waals surface area contributed by atoms with Gasteiger partial charge in [0.25, 0.3) is 0 Å². The molecule has 0 aromatic heterocycles. The van der Waals surface area contributed by atoms with E-state index in [0.717, 1.165) is 23.6 Å². The monoisotopic (exact) mass is 217 g/mol. The Hall–Kier alpha value is -1.77. The number of methoxy groups -OCH3 is 1. The highest BCUT2D eigenvalue weighted by Crippen LogP contribution is 2.17. The molecular weight excluding hydrogens is 202 g/mol. The Labute approximate surface area is 95.1 Å². The van der Waals surface area contributed by atoms with E-state index in [0.29, 0.717) is 18.6 Å². The molecule has 1 aromatic carbocycles. The fourth-order valence-electron chi connectivity index (χ4n) is 1.76. The number of nitrogens with one attached hydrogen (secondary N) is 1. The minimum Gasteiger partial charge on any atom is -0.497 e. The molecule has 2 rings (SSSR count). The number of carbonyl (C=O) groups excluding carboxylic acids is 1. The third-order valence-corrected chi connectivity index (χ3v) is 2.58. The van der Waals surface area contributed by atoms with Gasteiger partial charge in [0.1, 0.15) is 11.5 Å². The summed E-state index contributed by atoms with van der Waals surface area (Å²) in [5.74, 6) is 1.13. The van der Waals surface area contributed by atoms with E-state index >= 15 is 0 Å². The summed E-state index contributed by atoms with van der Waals surface area (Å²) in [7, 11) is 1.65. The van der Waals surface area contributed by atoms with Crippen LogP contribution in [-0.4, -0.2) is 19.4 Å². The molecule has 1 aliphatic rings. The standard InChI is InChI=1S/C13H15NO2/c1-16-13-4-2-3-10(8-13)7-11-9-12(15)5-6-14-11/h2-4,7-8,14H,5-6,9H2,1H3. The van der Waals surface area contributed by atoms with Gasteiger partial charge in [-0.2, -0.15) is 0 Å². The van der Waals surface area contributed by atoms with Crippen LogP contribution in [-0.2, 0) is 4.79 Å². The van der Waals surface area contributed by atoms with Gasteiger partial charge in [0.15, 0.2) is 0 Å². The lowest BCUT2D eigenvalue weighted by atomic mass is 10.1. The minimum atomic E-state index is 0.299. The number of hydrogen-bond donors (Lipinski definition) is 1. The van der Waals surface area contributed by atoms with Crippen LogP contribution in [0.5, 0.6) is 5.75 Å². The molecule has 0 bridgehead atoms. The van der Waals surface area contributed by atoms with Crippen LogP contribution in [0.1, 0.15) is 18.4 Å². The Kier molecular flexibility index (Phi) is 3.25. The van der Waals surface area contributed by atoms with E-state index in [2.05, 4.69) is 5.32 Å². The number of rotatable bonds is 2. The summed E-state index contributed by atoms with van der Waals surface area (Å²) in [6.45, 7) is 0.745. The van der Waals surface area contributed by atoms with Gasteiger partial charge in [-0.05, 0) is 23.8 Å². The zero-order chi connectivity index (χ0) is 11.4. The van der Waals surface area contributed by atoms with E-state index in [-0.39, 0.29) is 0 Å². The highest BCUT2D eigenvalue weighted by Gasteiger charge is 2.11. The van der Waals surface area contributed by atoms with Crippen LogP contribution < -0.4 is 10.1 Å². The molecule has 1 heterocycles. The van der Waals surface area contributed by atoms with Crippen molar-refractivity contribution in [2.75, 3.05) is 13.7 Å². The van der Waals surface area contributed by atoms with Crippen LogP contribution in [0.2, 0.25) is 0 Å². The van der Waals surface area contributed by atoms with E-state index in [4.69, 9.17) is 4.74 Å². The topological polar surface area (TPSA) is 38.3 Å². The van der Waals surface area contributed by atoms with Crippen molar-refractivity contribution in [1.29, 1.82) is 0 Å². The zero-order valence-electron chi connectivity index (χ0n) is 9.32. The Bertz CT molecular complexity index is 424. The lowest BCUT2D eigenvalue weighted by molar-refractivity contribution is -0.119. The first kappa shape index (κ1) is 10.7. The fraction of sp³-hybridized carbons (Fsp3) is 0.308. The molecule has 0 aliphatic carbocycles. The first-order valence-corrected chi connectivity index (χ1v) is 5.38. The molecule has 1 saturated heterocycles. The normalized spacial score (nSPS) is 18.3. The summed E-state index contributed by atoms with van der Waals surface area (Å²) < 4.78 is 5.15. The molecule has 1 aliphatic heterocycles. The van der Waals surface area contributed by atoms with E-state index in [1.807, 2.05) is 30.3 Å². The molecule has 0 radical (unpaired) electrons. The number of ether oxygens (including phenoxy) is 1. The number of benzene rings is 1. The van der Waals surface area contributed by atoms with Gasteiger partial charge in [0.2, 0.25) is 0 Å². The van der Waals surface area contributed by atoms with Crippen LogP contribution in [0.4, 0.5) is 0 Å². The number of piperidine rings is 1. The quantitative estimate of drug-likeness (QED) is 0.823. The summed E-state index contributed by atoms with van der Waals surface area (Å²) >= 11 is 0. The van der Waals surface area contributed by atoms with Crippen molar-refractivity contribution in [3.63, 3.8) is 0 Å². The van der Waals surface area contributed by atoms with Crippen molar-refractivity contribution in [2.45, 2.75) is 12.8 Å². The van der Waals surface area contributed by atoms with Crippen LogP contribution in [0, 0.1) is 0 Å². The number of allylic oxidation sites excluding steroid dienone is 1. The number of carbonyl (C=O) groups is 1. The number of ketones is 1. The second-order valence-electron chi connectivity index (χ2n) is 3.84. The number of Topliss-reactive ketones (excluding diaryl/α,β-unsaturated/α-hetero) is 1. The largest absolute Gasteiger partial charge is 0.497 e. The maximum Gasteiger partial charge on any atom is 0.140 e. The second-order valence-corrected chi connectivity index (χ2v) is 3.84. The molecule has 1 aromatic rings. The van der Waals surface area contributed by atoms with Crippen molar-refractivity contribution >= 4 is 11.9 Å². The van der Waals surface area contributed by atoms with Gasteiger partial charge in [-0.1, -0.05) is 12.1 Å². The molecule has 1 fully saturated rings. The third-order valence-electron chi connectivity index (χ3n) is 2.58. The molecule has 3 heteroatoms. The van der Waals surface area contributed by atoms with Crippen LogP contribution >= 0.6 is 0 Å². The summed E-state index contributed by atoms with van der Waals surface area (Å²) in [6.07, 6.45) is 3.15. The van der Waals surface area contributed by atoms with Gasteiger partial charge in [-0.25, -0.2) is 0 Å². The fourth-order valence-corrected chi connectivity index (χ4v) is 1.76. The van der Waals surface area contributed by atoms with E-state index in [1.165, 1.54) is 0 Å². The third kappa shape index (κ3) is 2.63. The first-order valence-electron chi connectivity index (χ1n) is 5.38. The SMILES string of the molecule is COc1cccc(C=C2CC(=O)CCN2)c1. The van der Waals surface area contributed by atoms with Crippen molar-refractivity contribution in [3.8, 4) is 5.75 Å². The predicted molar refractivity (Wildman–Crippen MR) is 63.2 cm³/mol. The molecule has 0 atom stereocenters. The van der Waals surface area contributed by atoms with Crippen LogP contribution in [0.3, 0.4) is 0 Å². The molecule has 0 saturated carbocycles. The minimum absolute atomic E-state index is 0.299. The van der Waals surface area contributed by atoms with Crippen molar-refractivity contribution < 1.29 is 9.53 Å². The van der Waals surface area contributed by atoms with Crippen LogP contribution in [0.15, 0.2) is 30.0 Å². The molecule has 84 valence electrons. The molecule has 0 unspecified atom stereocenters. The smallest absolute Gasteiger partial charge is 0.140 e. The van der Waals surface area contributed by atoms with Crippen molar-refractivity contribution in [2.24, 2.45) is 0 Å². The Balaban J connectivity index is 2.17. The summed E-state index contributed by atoms with van der Waals surface area (Å²) in [6, 6.07) is 7.79. The van der Waals surface area contributed by atoms with E-state index in [9.17, 15) is 4.79 Å². The van der Waals surface area contributed by atoms with Gasteiger partial charge < -0.3 is 10.1 Å². The Morgan fingerprint density at radius 1 is 1.44 bits per heavy atom. The Morgan fingerprint density at radius 3 is 3.06 bits per heavy atom. The molecule has 0 spiro atoms. The predicted octanol–water partition coefficient (Wildman–Crippen LogP) is 1.99. The zero-order valence-corrected chi connectivity index (χ0v) is 9.32. The van der Waals surface area contributed by atoms with Gasteiger partial charge >= 0.3 is 0 Å². The van der Waals surface area contributed by atoms with Gasteiger partial charge in [0.05, 0.1) is 7.11 Å². The molecule has 1 N–H and O–H groups in total. The average Bonchev–Trinajstić information content (AvgIpc) is 2.29. The maximum atomic E-state index is 11.3. The second kappa shape index (κ2) is 4.84. The lowest BCUT2D eigenvalue weighted by Crippen LogP contribution is -2.25. The van der Waals surface area contributed by atoms with Crippen LogP contribution in [0.25, 0.3) is 6.08 Å². The Morgan fingerprint density at radius 2 is 2.31 bits per heavy atom. The lowest BCUT2D eigenvalue weighted by Gasteiger charge is -2.15. The van der Waals surface area contributed by atoms with Crippen molar-refractivity contribution in [1.82, 2.24) is 5.32 Å². The number of hydrogen-bond acceptors (Lipinski definition) is 3. The highest BCUT2D eigenvalue weighted by molar-refractivity contribution is 5.83. The molecule has 3 nitrogen and oxygen atoms in total. The summed E-state index contributed by atoms with van der Waals surface area (Å²) in [5, 5.41) is 3.23. The molecular formula is C13H15NO2. The highest BCUT2D eigenvalue weighted by atomic mass is 16.5. The van der Waals surface area contributed by atoms with Crippen molar-refractivity contribution in [3.05, 3.63) is 35.5 Å². The molecule has 0 amide bonds. The van der Waals surface area contributed by atoms with Gasteiger partial charge in [-0.3, -0.25) is 4.79 Å². The first-order chi connectivity index (χ1) is 7.78. The average molecular weight is 217 g/mol. The van der Waals surface area contributed by atoms with Gasteiger partial charge in [0, 0.05) is 25.1 Å². The van der Waals surface area contributed by atoms with E-state index < -0.39 is 0 Å². The molecule has 16 heavy (non-hydrogen) atoms. The summed E-state index contributed by atoms with van der Waals surface area (Å²) in [5.41, 5.74) is 2.04. The maximum absolute atomic E-state index is 11.3. The van der Waals surface area contributed by atoms with E-state index in [1.54, 1.807) is 7.11 Å².